The predicted octanol–water partition coefficient (Wildman–Crippen LogP) is 1.03. The van der Waals surface area contributed by atoms with Gasteiger partial charge in [0.15, 0.2) is 0 Å². The molecule has 2 amide bonds. The highest BCUT2D eigenvalue weighted by molar-refractivity contribution is 6.03. The van der Waals surface area contributed by atoms with E-state index >= 15 is 0 Å². The van der Waals surface area contributed by atoms with Crippen LogP contribution in [0.1, 0.15) is 31.2 Å². The van der Waals surface area contributed by atoms with Crippen LogP contribution in [0.4, 0.5) is 0 Å². The third-order valence-electron chi connectivity index (χ3n) is 4.18. The summed E-state index contributed by atoms with van der Waals surface area (Å²) in [5, 5.41) is 5.67. The molecule has 0 unspecified atom stereocenters. The zero-order valence-corrected chi connectivity index (χ0v) is 13.1. The van der Waals surface area contributed by atoms with Crippen LogP contribution >= 0.6 is 0 Å². The van der Waals surface area contributed by atoms with Gasteiger partial charge in [-0.3, -0.25) is 14.9 Å². The monoisotopic (exact) mass is 314 g/mol. The molecule has 3 rings (SSSR count). The number of guanidine groups is 1. The molecule has 1 aromatic carbocycles. The summed E-state index contributed by atoms with van der Waals surface area (Å²) in [6.45, 7) is 2.22. The molecule has 1 fully saturated rings. The van der Waals surface area contributed by atoms with E-state index in [1.165, 1.54) is 6.42 Å². The van der Waals surface area contributed by atoms with Gasteiger partial charge in [-0.1, -0.05) is 30.3 Å². The van der Waals surface area contributed by atoms with Gasteiger partial charge in [-0.2, -0.15) is 0 Å². The SMILES string of the molecule is O=C1C[C@@H](C(=O)NCc2ccccc2)N=C(N2CCCCC2)N1. The van der Waals surface area contributed by atoms with Crippen molar-refractivity contribution >= 4 is 17.8 Å². The summed E-state index contributed by atoms with van der Waals surface area (Å²) in [6.07, 6.45) is 3.51. The van der Waals surface area contributed by atoms with Crippen LogP contribution in [0.25, 0.3) is 0 Å². The lowest BCUT2D eigenvalue weighted by atomic mass is 10.1. The van der Waals surface area contributed by atoms with Crippen LogP contribution in [0.5, 0.6) is 0 Å². The first kappa shape index (κ1) is 15.5. The van der Waals surface area contributed by atoms with Gasteiger partial charge in [0.2, 0.25) is 17.8 Å². The number of aliphatic imine (C=N–C) groups is 1. The van der Waals surface area contributed by atoms with Crippen molar-refractivity contribution in [2.75, 3.05) is 13.1 Å². The molecule has 0 radical (unpaired) electrons. The van der Waals surface area contributed by atoms with E-state index in [1.54, 1.807) is 0 Å². The fraction of sp³-hybridized carbons (Fsp3) is 0.471. The van der Waals surface area contributed by atoms with Crippen LogP contribution in [0.3, 0.4) is 0 Å². The molecule has 0 saturated carbocycles. The first-order chi connectivity index (χ1) is 11.2. The van der Waals surface area contributed by atoms with E-state index in [-0.39, 0.29) is 18.2 Å². The predicted molar refractivity (Wildman–Crippen MR) is 87.7 cm³/mol. The van der Waals surface area contributed by atoms with E-state index in [1.807, 2.05) is 30.3 Å². The highest BCUT2D eigenvalue weighted by Crippen LogP contribution is 2.13. The van der Waals surface area contributed by atoms with Crippen molar-refractivity contribution in [1.29, 1.82) is 0 Å². The molecule has 0 aliphatic carbocycles. The molecule has 2 aliphatic heterocycles. The Labute approximate surface area is 136 Å². The molecule has 1 atom stereocenters. The second-order valence-electron chi connectivity index (χ2n) is 5.97. The maximum Gasteiger partial charge on any atom is 0.245 e. The average molecular weight is 314 g/mol. The number of nitrogens with zero attached hydrogens (tertiary/aromatic N) is 2. The number of nitrogens with one attached hydrogen (secondary N) is 2. The molecule has 6 heteroatoms. The highest BCUT2D eigenvalue weighted by Gasteiger charge is 2.29. The first-order valence-electron chi connectivity index (χ1n) is 8.16. The van der Waals surface area contributed by atoms with Gasteiger partial charge >= 0.3 is 0 Å². The van der Waals surface area contributed by atoms with E-state index in [0.717, 1.165) is 31.5 Å². The van der Waals surface area contributed by atoms with E-state index in [4.69, 9.17) is 0 Å². The standard InChI is InChI=1S/C17H22N4O2/c22-15-11-14(16(23)18-12-13-7-3-1-4-8-13)19-17(20-15)21-9-5-2-6-10-21/h1,3-4,7-8,14H,2,5-6,9-12H2,(H,18,23)(H,19,20,22)/t14-/m0/s1. The van der Waals surface area contributed by atoms with Gasteiger partial charge in [0, 0.05) is 19.6 Å². The van der Waals surface area contributed by atoms with Gasteiger partial charge in [0.25, 0.3) is 0 Å². The van der Waals surface area contributed by atoms with Crippen molar-refractivity contribution in [3.8, 4) is 0 Å². The Morgan fingerprint density at radius 2 is 1.96 bits per heavy atom. The number of hydrogen-bond donors (Lipinski definition) is 2. The topological polar surface area (TPSA) is 73.8 Å². The normalized spacial score (nSPS) is 21.4. The fourth-order valence-corrected chi connectivity index (χ4v) is 2.90. The second kappa shape index (κ2) is 7.26. The second-order valence-corrected chi connectivity index (χ2v) is 5.97. The molecular weight excluding hydrogens is 292 g/mol. The Bertz CT molecular complexity index is 594. The van der Waals surface area contributed by atoms with Gasteiger partial charge in [-0.05, 0) is 24.8 Å². The molecule has 122 valence electrons. The van der Waals surface area contributed by atoms with Crippen molar-refractivity contribution in [3.05, 3.63) is 35.9 Å². The van der Waals surface area contributed by atoms with Gasteiger partial charge in [0.05, 0.1) is 6.42 Å². The minimum absolute atomic E-state index is 0.109. The molecule has 2 N–H and O–H groups in total. The maximum absolute atomic E-state index is 12.3. The molecule has 6 nitrogen and oxygen atoms in total. The molecule has 0 spiro atoms. The molecule has 1 aromatic rings. The van der Waals surface area contributed by atoms with Crippen molar-refractivity contribution in [2.24, 2.45) is 4.99 Å². The summed E-state index contributed by atoms with van der Waals surface area (Å²) < 4.78 is 0. The maximum atomic E-state index is 12.3. The van der Waals surface area contributed by atoms with Crippen LogP contribution in [-0.4, -0.2) is 41.8 Å². The largest absolute Gasteiger partial charge is 0.350 e. The Morgan fingerprint density at radius 3 is 2.70 bits per heavy atom. The summed E-state index contributed by atoms with van der Waals surface area (Å²) in [4.78, 5) is 30.8. The number of carbonyl (C=O) groups excluding carboxylic acids is 2. The summed E-state index contributed by atoms with van der Waals surface area (Å²) in [7, 11) is 0. The zero-order valence-electron chi connectivity index (χ0n) is 13.1. The Hall–Kier alpha value is -2.37. The number of hydrogen-bond acceptors (Lipinski definition) is 4. The number of carbonyl (C=O) groups is 2. The smallest absolute Gasteiger partial charge is 0.245 e. The number of benzene rings is 1. The number of rotatable bonds is 3. The minimum atomic E-state index is -0.635. The van der Waals surface area contributed by atoms with Crippen molar-refractivity contribution in [1.82, 2.24) is 15.5 Å². The number of likely N-dealkylation sites (tertiary alicyclic amines) is 1. The Balaban J connectivity index is 1.63. The van der Waals surface area contributed by atoms with Gasteiger partial charge < -0.3 is 10.2 Å². The molecule has 2 aliphatic rings. The van der Waals surface area contributed by atoms with Crippen molar-refractivity contribution < 1.29 is 9.59 Å². The van der Waals surface area contributed by atoms with Gasteiger partial charge in [0.1, 0.15) is 6.04 Å². The van der Waals surface area contributed by atoms with E-state index in [0.29, 0.717) is 12.5 Å². The molecular formula is C17H22N4O2. The van der Waals surface area contributed by atoms with Crippen LogP contribution in [-0.2, 0) is 16.1 Å². The van der Waals surface area contributed by atoms with Crippen LogP contribution in [0, 0.1) is 0 Å². The van der Waals surface area contributed by atoms with E-state index in [2.05, 4.69) is 20.5 Å². The molecule has 1 saturated heterocycles. The number of piperidine rings is 1. The van der Waals surface area contributed by atoms with Gasteiger partial charge in [-0.25, -0.2) is 4.99 Å². The summed E-state index contributed by atoms with van der Waals surface area (Å²) in [6, 6.07) is 9.08. The lowest BCUT2D eigenvalue weighted by Crippen LogP contribution is -2.52. The molecule has 23 heavy (non-hydrogen) atoms. The minimum Gasteiger partial charge on any atom is -0.350 e. The number of amides is 2. The molecule has 2 heterocycles. The van der Waals surface area contributed by atoms with Crippen LogP contribution < -0.4 is 10.6 Å². The summed E-state index contributed by atoms with van der Waals surface area (Å²) in [5.41, 5.74) is 1.03. The summed E-state index contributed by atoms with van der Waals surface area (Å²) in [5.74, 6) is 0.222. The van der Waals surface area contributed by atoms with E-state index < -0.39 is 6.04 Å². The fourth-order valence-electron chi connectivity index (χ4n) is 2.90. The third-order valence-corrected chi connectivity index (χ3v) is 4.18. The first-order valence-corrected chi connectivity index (χ1v) is 8.16. The average Bonchev–Trinajstić information content (AvgIpc) is 2.61. The van der Waals surface area contributed by atoms with E-state index in [9.17, 15) is 9.59 Å². The highest BCUT2D eigenvalue weighted by atomic mass is 16.2. The Morgan fingerprint density at radius 1 is 1.22 bits per heavy atom. The van der Waals surface area contributed by atoms with Crippen LogP contribution in [0.15, 0.2) is 35.3 Å². The third kappa shape index (κ3) is 4.09. The van der Waals surface area contributed by atoms with Crippen molar-refractivity contribution in [2.45, 2.75) is 38.3 Å². The lowest BCUT2D eigenvalue weighted by molar-refractivity contribution is -0.127. The lowest BCUT2D eigenvalue weighted by Gasteiger charge is -2.32. The quantitative estimate of drug-likeness (QED) is 0.875. The van der Waals surface area contributed by atoms with Crippen LogP contribution in [0.2, 0.25) is 0 Å². The Kier molecular flexibility index (Phi) is 4.90. The van der Waals surface area contributed by atoms with Gasteiger partial charge in [-0.15, -0.1) is 0 Å². The molecule has 0 aromatic heterocycles. The zero-order chi connectivity index (χ0) is 16.1. The molecule has 0 bridgehead atoms. The van der Waals surface area contributed by atoms with Crippen molar-refractivity contribution in [3.63, 3.8) is 0 Å². The summed E-state index contributed by atoms with van der Waals surface area (Å²) >= 11 is 0.